The molecule has 1 aliphatic rings. The molecule has 0 aliphatic carbocycles. The standard InChI is InChI=1S/C23H27N3O3S.BrH/c1-27-20-7-3-18(4-8-20)22-17-30-23(24-19-5-9-21(28-2)10-6-19)26(22)12-11-25-13-15-29-16-14-25;/h3-10,17H,11-16H2,1-2H3;1H. The fourth-order valence-electron chi connectivity index (χ4n) is 3.46. The largest absolute Gasteiger partial charge is 0.497 e. The smallest absolute Gasteiger partial charge is 0.190 e. The minimum absolute atomic E-state index is 0. The first kappa shape index (κ1) is 23.5. The van der Waals surface area contributed by atoms with Gasteiger partial charge in [0.1, 0.15) is 11.5 Å². The van der Waals surface area contributed by atoms with Crippen LogP contribution in [0.25, 0.3) is 11.3 Å². The molecule has 0 unspecified atom stereocenters. The second-order valence-corrected chi connectivity index (χ2v) is 7.88. The molecule has 0 N–H and O–H groups in total. The van der Waals surface area contributed by atoms with Gasteiger partial charge >= 0.3 is 0 Å². The van der Waals surface area contributed by atoms with Crippen LogP contribution in [-0.2, 0) is 11.3 Å². The van der Waals surface area contributed by atoms with E-state index in [1.807, 2.05) is 36.4 Å². The van der Waals surface area contributed by atoms with Crippen LogP contribution in [0.15, 0.2) is 58.9 Å². The van der Waals surface area contributed by atoms with Crippen molar-refractivity contribution < 1.29 is 14.2 Å². The predicted molar refractivity (Wildman–Crippen MR) is 130 cm³/mol. The summed E-state index contributed by atoms with van der Waals surface area (Å²) in [6, 6.07) is 16.0. The first-order valence-electron chi connectivity index (χ1n) is 10.1. The SMILES string of the molecule is Br.COc1ccc(N=c2scc(-c3ccc(OC)cc3)n2CCN2CCOCC2)cc1. The van der Waals surface area contributed by atoms with Gasteiger partial charge in [-0.3, -0.25) is 4.90 Å². The fraction of sp³-hybridized carbons (Fsp3) is 0.348. The number of halogens is 1. The molecule has 0 amide bonds. The highest BCUT2D eigenvalue weighted by atomic mass is 79.9. The summed E-state index contributed by atoms with van der Waals surface area (Å²) in [5.74, 6) is 1.69. The summed E-state index contributed by atoms with van der Waals surface area (Å²) in [5, 5.41) is 2.18. The number of benzene rings is 2. The number of nitrogens with zero attached hydrogens (tertiary/aromatic N) is 3. The minimum Gasteiger partial charge on any atom is -0.497 e. The number of thiazole rings is 1. The van der Waals surface area contributed by atoms with Crippen molar-refractivity contribution in [2.45, 2.75) is 6.54 Å². The highest BCUT2D eigenvalue weighted by Crippen LogP contribution is 2.24. The lowest BCUT2D eigenvalue weighted by molar-refractivity contribution is 0.0363. The number of methoxy groups -OCH3 is 2. The van der Waals surface area contributed by atoms with E-state index in [-0.39, 0.29) is 17.0 Å². The molecule has 0 atom stereocenters. The molecule has 0 saturated carbocycles. The van der Waals surface area contributed by atoms with Gasteiger partial charge in [0.25, 0.3) is 0 Å². The molecule has 2 aromatic carbocycles. The van der Waals surface area contributed by atoms with Crippen molar-refractivity contribution in [1.82, 2.24) is 9.47 Å². The van der Waals surface area contributed by atoms with Gasteiger partial charge in [-0.05, 0) is 54.1 Å². The quantitative estimate of drug-likeness (QED) is 0.478. The van der Waals surface area contributed by atoms with Crippen molar-refractivity contribution in [3.05, 3.63) is 58.7 Å². The number of ether oxygens (including phenoxy) is 3. The van der Waals surface area contributed by atoms with E-state index >= 15 is 0 Å². The Hall–Kier alpha value is -2.13. The maximum atomic E-state index is 5.49. The molecule has 0 spiro atoms. The van der Waals surface area contributed by atoms with Gasteiger partial charge in [-0.1, -0.05) is 0 Å². The normalized spacial score (nSPS) is 14.8. The van der Waals surface area contributed by atoms with Gasteiger partial charge in [0, 0.05) is 31.6 Å². The maximum absolute atomic E-state index is 5.49. The third kappa shape index (κ3) is 5.98. The summed E-state index contributed by atoms with van der Waals surface area (Å²) in [4.78, 5) is 8.35. The average molecular weight is 506 g/mol. The van der Waals surface area contributed by atoms with Crippen molar-refractivity contribution in [2.75, 3.05) is 47.1 Å². The molecule has 31 heavy (non-hydrogen) atoms. The number of hydrogen-bond donors (Lipinski definition) is 0. The molecular weight excluding hydrogens is 478 g/mol. The second kappa shape index (κ2) is 11.5. The number of morpholine rings is 1. The first-order valence-corrected chi connectivity index (χ1v) is 11.0. The Balaban J connectivity index is 0.00000272. The van der Waals surface area contributed by atoms with Gasteiger partial charge in [0.15, 0.2) is 4.80 Å². The van der Waals surface area contributed by atoms with Crippen LogP contribution in [-0.4, -0.2) is 56.5 Å². The summed E-state index contributed by atoms with van der Waals surface area (Å²) >= 11 is 1.66. The van der Waals surface area contributed by atoms with Gasteiger partial charge in [-0.15, -0.1) is 28.3 Å². The van der Waals surface area contributed by atoms with E-state index in [0.717, 1.165) is 66.9 Å². The minimum atomic E-state index is 0. The monoisotopic (exact) mass is 505 g/mol. The van der Waals surface area contributed by atoms with E-state index in [2.05, 4.69) is 27.0 Å². The first-order chi connectivity index (χ1) is 14.8. The lowest BCUT2D eigenvalue weighted by atomic mass is 10.1. The second-order valence-electron chi connectivity index (χ2n) is 7.05. The third-order valence-electron chi connectivity index (χ3n) is 5.22. The third-order valence-corrected chi connectivity index (χ3v) is 6.09. The molecule has 1 saturated heterocycles. The fourth-order valence-corrected chi connectivity index (χ4v) is 4.42. The molecule has 1 aliphatic heterocycles. The van der Waals surface area contributed by atoms with Crippen LogP contribution in [0.4, 0.5) is 5.69 Å². The molecule has 6 nitrogen and oxygen atoms in total. The Bertz CT molecular complexity index is 1010. The van der Waals surface area contributed by atoms with Crippen LogP contribution in [0.1, 0.15) is 0 Å². The molecule has 8 heteroatoms. The van der Waals surface area contributed by atoms with Crippen molar-refractivity contribution in [3.63, 3.8) is 0 Å². The van der Waals surface area contributed by atoms with Crippen LogP contribution >= 0.6 is 28.3 Å². The topological polar surface area (TPSA) is 48.2 Å². The van der Waals surface area contributed by atoms with Gasteiger partial charge in [0.2, 0.25) is 0 Å². The Morgan fingerprint density at radius 3 is 2.13 bits per heavy atom. The van der Waals surface area contributed by atoms with Crippen LogP contribution < -0.4 is 14.3 Å². The summed E-state index contributed by atoms with van der Waals surface area (Å²) in [7, 11) is 3.36. The number of hydrogen-bond acceptors (Lipinski definition) is 6. The lowest BCUT2D eigenvalue weighted by Gasteiger charge is -2.26. The molecule has 4 rings (SSSR count). The van der Waals surface area contributed by atoms with E-state index < -0.39 is 0 Å². The van der Waals surface area contributed by atoms with E-state index in [4.69, 9.17) is 19.2 Å². The Kier molecular flexibility index (Phi) is 8.71. The maximum Gasteiger partial charge on any atom is 0.190 e. The Morgan fingerprint density at radius 1 is 0.903 bits per heavy atom. The molecule has 0 bridgehead atoms. The zero-order chi connectivity index (χ0) is 20.8. The Morgan fingerprint density at radius 2 is 1.52 bits per heavy atom. The van der Waals surface area contributed by atoms with Crippen LogP contribution in [0.2, 0.25) is 0 Å². The van der Waals surface area contributed by atoms with Crippen LogP contribution in [0, 0.1) is 0 Å². The molecule has 3 aromatic rings. The van der Waals surface area contributed by atoms with Crippen molar-refractivity contribution in [2.24, 2.45) is 4.99 Å². The molecule has 166 valence electrons. The van der Waals surface area contributed by atoms with E-state index in [1.165, 1.54) is 5.69 Å². The van der Waals surface area contributed by atoms with Gasteiger partial charge in [-0.2, -0.15) is 0 Å². The zero-order valence-corrected chi connectivity index (χ0v) is 20.4. The Labute approximate surface area is 197 Å². The van der Waals surface area contributed by atoms with Gasteiger partial charge in [-0.25, -0.2) is 4.99 Å². The van der Waals surface area contributed by atoms with E-state index in [0.29, 0.717) is 0 Å². The summed E-state index contributed by atoms with van der Waals surface area (Å²) < 4.78 is 18.4. The molecule has 1 fully saturated rings. The predicted octanol–water partition coefficient (Wildman–Crippen LogP) is 4.38. The van der Waals surface area contributed by atoms with Gasteiger partial charge in [0.05, 0.1) is 38.8 Å². The number of aromatic nitrogens is 1. The number of rotatable bonds is 7. The summed E-state index contributed by atoms with van der Waals surface area (Å²) in [6.45, 7) is 5.42. The summed E-state index contributed by atoms with van der Waals surface area (Å²) in [6.07, 6.45) is 0. The molecular formula is C23H28BrN3O3S. The van der Waals surface area contributed by atoms with Crippen molar-refractivity contribution in [1.29, 1.82) is 0 Å². The van der Waals surface area contributed by atoms with E-state index in [1.54, 1.807) is 25.6 Å². The van der Waals surface area contributed by atoms with Crippen molar-refractivity contribution in [3.8, 4) is 22.8 Å². The van der Waals surface area contributed by atoms with E-state index in [9.17, 15) is 0 Å². The highest BCUT2D eigenvalue weighted by Gasteiger charge is 2.13. The summed E-state index contributed by atoms with van der Waals surface area (Å²) in [5.41, 5.74) is 3.24. The molecule has 1 aromatic heterocycles. The van der Waals surface area contributed by atoms with Crippen LogP contribution in [0.3, 0.4) is 0 Å². The lowest BCUT2D eigenvalue weighted by Crippen LogP contribution is -2.39. The zero-order valence-electron chi connectivity index (χ0n) is 17.8. The van der Waals surface area contributed by atoms with Crippen molar-refractivity contribution >= 4 is 34.0 Å². The highest BCUT2D eigenvalue weighted by molar-refractivity contribution is 8.93. The molecule has 0 radical (unpaired) electrons. The van der Waals surface area contributed by atoms with Crippen LogP contribution in [0.5, 0.6) is 11.5 Å². The average Bonchev–Trinajstić information content (AvgIpc) is 3.21. The van der Waals surface area contributed by atoms with Gasteiger partial charge < -0.3 is 18.8 Å². The molecule has 2 heterocycles.